The van der Waals surface area contributed by atoms with E-state index in [0.29, 0.717) is 6.42 Å². The molecular weight excluding hydrogens is 200 g/mol. The summed E-state index contributed by atoms with van der Waals surface area (Å²) in [5, 5.41) is 0. The Bertz CT molecular complexity index is 250. The maximum Gasteiger partial charge on any atom is 0.175 e. The third kappa shape index (κ3) is 4.50. The first-order valence-electron chi connectivity index (χ1n) is 3.53. The molecule has 0 aliphatic carbocycles. The standard InChI is InChI=1S/C6H12O4S2/c1-2-3-4-5-6(11(7)8)12(9)10/h4-6,11-12H,2-3H2,1H3. The third-order valence-electron chi connectivity index (χ3n) is 1.20. The fourth-order valence-electron chi connectivity index (χ4n) is 0.602. The molecule has 0 saturated carbocycles. The van der Waals surface area contributed by atoms with Gasteiger partial charge < -0.3 is 0 Å². The molecule has 0 aliphatic rings. The first-order valence-corrected chi connectivity index (χ1v) is 6.02. The number of unbranched alkanes of at least 4 members (excludes halogenated alkanes) is 1. The summed E-state index contributed by atoms with van der Waals surface area (Å²) < 4.78 is 40.0. The van der Waals surface area contributed by atoms with Gasteiger partial charge in [-0.3, -0.25) is 0 Å². The maximum atomic E-state index is 10.3. The van der Waals surface area contributed by atoms with Crippen molar-refractivity contribution in [1.82, 2.24) is 0 Å². The second kappa shape index (κ2) is 6.19. The van der Waals surface area contributed by atoms with Gasteiger partial charge in [0.05, 0.1) is 0 Å². The van der Waals surface area contributed by atoms with E-state index in [4.69, 9.17) is 0 Å². The maximum absolute atomic E-state index is 10.3. The quantitative estimate of drug-likeness (QED) is 0.493. The van der Waals surface area contributed by atoms with Crippen LogP contribution < -0.4 is 0 Å². The molecule has 0 radical (unpaired) electrons. The second-order valence-electron chi connectivity index (χ2n) is 2.20. The predicted molar refractivity (Wildman–Crippen MR) is 48.5 cm³/mol. The molecule has 72 valence electrons. The van der Waals surface area contributed by atoms with Crippen molar-refractivity contribution in [3.8, 4) is 0 Å². The first kappa shape index (κ1) is 11.6. The summed E-state index contributed by atoms with van der Waals surface area (Å²) in [6.45, 7) is 1.92. The Morgan fingerprint density at radius 3 is 2.00 bits per heavy atom. The summed E-state index contributed by atoms with van der Waals surface area (Å²) in [4.78, 5) is 0. The van der Waals surface area contributed by atoms with Crippen LogP contribution in [0, 0.1) is 0 Å². The Hall–Kier alpha value is -0.360. The summed E-state index contributed by atoms with van der Waals surface area (Å²) >= 11 is 0. The van der Waals surface area contributed by atoms with Crippen LogP contribution >= 0.6 is 0 Å². The van der Waals surface area contributed by atoms with Crippen molar-refractivity contribution in [2.24, 2.45) is 0 Å². The Morgan fingerprint density at radius 1 is 1.17 bits per heavy atom. The van der Waals surface area contributed by atoms with Gasteiger partial charge >= 0.3 is 0 Å². The van der Waals surface area contributed by atoms with E-state index in [-0.39, 0.29) is 0 Å². The van der Waals surface area contributed by atoms with E-state index in [0.717, 1.165) is 6.42 Å². The van der Waals surface area contributed by atoms with Gasteiger partial charge in [0.1, 0.15) is 0 Å². The SMILES string of the molecule is CCCC=CC([SH](=O)=O)[SH](=O)=O. The van der Waals surface area contributed by atoms with Crippen LogP contribution in [0.4, 0.5) is 0 Å². The lowest BCUT2D eigenvalue weighted by Crippen LogP contribution is -2.07. The molecule has 0 spiro atoms. The van der Waals surface area contributed by atoms with Crippen LogP contribution in [0.1, 0.15) is 19.8 Å². The highest BCUT2D eigenvalue weighted by Gasteiger charge is 2.08. The highest BCUT2D eigenvalue weighted by Crippen LogP contribution is 1.96. The number of allylic oxidation sites excluding steroid dienone is 1. The molecule has 0 aromatic carbocycles. The van der Waals surface area contributed by atoms with Gasteiger partial charge in [0, 0.05) is 0 Å². The molecule has 0 saturated heterocycles. The average molecular weight is 212 g/mol. The van der Waals surface area contributed by atoms with Gasteiger partial charge in [0.15, 0.2) is 26.0 Å². The molecule has 0 heterocycles. The van der Waals surface area contributed by atoms with Crippen LogP contribution in [0.5, 0.6) is 0 Å². The van der Waals surface area contributed by atoms with Crippen LogP contribution in [-0.2, 0) is 21.4 Å². The van der Waals surface area contributed by atoms with Gasteiger partial charge in [-0.2, -0.15) is 0 Å². The number of hydrogen-bond acceptors (Lipinski definition) is 4. The van der Waals surface area contributed by atoms with Crippen molar-refractivity contribution >= 4 is 21.4 Å². The van der Waals surface area contributed by atoms with E-state index >= 15 is 0 Å². The van der Waals surface area contributed by atoms with Gasteiger partial charge in [0.2, 0.25) is 0 Å². The highest BCUT2D eigenvalue weighted by atomic mass is 32.2. The topological polar surface area (TPSA) is 68.3 Å². The van der Waals surface area contributed by atoms with E-state index in [2.05, 4.69) is 0 Å². The summed E-state index contributed by atoms with van der Waals surface area (Å²) in [5.74, 6) is 0. The zero-order valence-corrected chi connectivity index (χ0v) is 8.46. The van der Waals surface area contributed by atoms with Gasteiger partial charge in [-0.1, -0.05) is 25.5 Å². The van der Waals surface area contributed by atoms with Gasteiger partial charge in [-0.15, -0.1) is 0 Å². The lowest BCUT2D eigenvalue weighted by Gasteiger charge is -1.92. The highest BCUT2D eigenvalue weighted by molar-refractivity contribution is 7.91. The summed E-state index contributed by atoms with van der Waals surface area (Å²) in [6.07, 6.45) is 4.35. The zero-order valence-electron chi connectivity index (χ0n) is 6.67. The Kier molecular flexibility index (Phi) is 6.00. The van der Waals surface area contributed by atoms with Crippen LogP contribution in [0.25, 0.3) is 0 Å². The second-order valence-corrected chi connectivity index (χ2v) is 4.86. The number of rotatable bonds is 5. The normalized spacial score (nSPS) is 12.3. The largest absolute Gasteiger partial charge is 0.230 e. The molecule has 12 heavy (non-hydrogen) atoms. The lowest BCUT2D eigenvalue weighted by atomic mass is 10.3. The van der Waals surface area contributed by atoms with Crippen LogP contribution in [0.2, 0.25) is 0 Å². The van der Waals surface area contributed by atoms with Crippen molar-refractivity contribution < 1.29 is 16.8 Å². The van der Waals surface area contributed by atoms with E-state index in [1.165, 1.54) is 6.08 Å². The molecule has 0 aromatic rings. The van der Waals surface area contributed by atoms with Gasteiger partial charge in [-0.05, 0) is 6.42 Å². The van der Waals surface area contributed by atoms with Gasteiger partial charge in [0.25, 0.3) is 0 Å². The number of thiol groups is 2. The molecule has 0 aliphatic heterocycles. The average Bonchev–Trinajstić information content (AvgIpc) is 1.96. The fraction of sp³-hybridized carbons (Fsp3) is 0.667. The molecule has 0 fully saturated rings. The van der Waals surface area contributed by atoms with Crippen molar-refractivity contribution in [2.75, 3.05) is 0 Å². The summed E-state index contributed by atoms with van der Waals surface area (Å²) in [5.41, 5.74) is 0. The van der Waals surface area contributed by atoms with Crippen molar-refractivity contribution in [1.29, 1.82) is 0 Å². The third-order valence-corrected chi connectivity index (χ3v) is 3.54. The number of hydrogen-bond donors (Lipinski definition) is 2. The van der Waals surface area contributed by atoms with Crippen molar-refractivity contribution in [2.45, 2.75) is 24.3 Å². The molecule has 0 atom stereocenters. The molecule has 0 rings (SSSR count). The minimum Gasteiger partial charge on any atom is -0.230 e. The molecule has 0 N–H and O–H groups in total. The predicted octanol–water partition coefficient (Wildman–Crippen LogP) is -0.108. The van der Waals surface area contributed by atoms with E-state index in [1.54, 1.807) is 6.08 Å². The minimum absolute atomic E-state index is 0.697. The monoisotopic (exact) mass is 212 g/mol. The van der Waals surface area contributed by atoms with Crippen LogP contribution in [-0.4, -0.2) is 21.4 Å². The lowest BCUT2D eigenvalue weighted by molar-refractivity contribution is 0.602. The van der Waals surface area contributed by atoms with E-state index in [1.807, 2.05) is 6.92 Å². The van der Waals surface area contributed by atoms with Crippen molar-refractivity contribution in [3.63, 3.8) is 0 Å². The first-order chi connectivity index (χ1) is 5.59. The molecule has 4 nitrogen and oxygen atoms in total. The van der Waals surface area contributed by atoms with Crippen molar-refractivity contribution in [3.05, 3.63) is 12.2 Å². The van der Waals surface area contributed by atoms with Gasteiger partial charge in [-0.25, -0.2) is 16.8 Å². The molecule has 0 unspecified atom stereocenters. The molecule has 6 heteroatoms. The fourth-order valence-corrected chi connectivity index (χ4v) is 1.74. The summed E-state index contributed by atoms with van der Waals surface area (Å²) in [7, 11) is -5.81. The van der Waals surface area contributed by atoms with Crippen LogP contribution in [0.3, 0.4) is 0 Å². The minimum atomic E-state index is -2.90. The molecule has 0 aromatic heterocycles. The molecule has 0 amide bonds. The van der Waals surface area contributed by atoms with Crippen LogP contribution in [0.15, 0.2) is 12.2 Å². The van der Waals surface area contributed by atoms with E-state index < -0.39 is 26.0 Å². The Balaban J connectivity index is 4.34. The summed E-state index contributed by atoms with van der Waals surface area (Å²) in [6, 6.07) is 0. The smallest absolute Gasteiger partial charge is 0.175 e. The molecular formula is C6H12O4S2. The Labute approximate surface area is 75.2 Å². The zero-order chi connectivity index (χ0) is 9.56. The van der Waals surface area contributed by atoms with E-state index in [9.17, 15) is 16.8 Å². The molecule has 0 bridgehead atoms. The Morgan fingerprint density at radius 2 is 1.67 bits per heavy atom.